The summed E-state index contributed by atoms with van der Waals surface area (Å²) in [5.41, 5.74) is 1.52. The first-order valence-corrected chi connectivity index (χ1v) is 11.1. The van der Waals surface area contributed by atoms with Crippen LogP contribution in [0.3, 0.4) is 0 Å². The molecule has 1 atom stereocenters. The third-order valence-corrected chi connectivity index (χ3v) is 5.56. The Bertz CT molecular complexity index is 959. The number of anilines is 2. The predicted octanol–water partition coefficient (Wildman–Crippen LogP) is 3.20. The number of aromatic nitrogens is 1. The molecule has 0 aliphatic carbocycles. The normalized spacial score (nSPS) is 12.3. The Kier molecular flexibility index (Phi) is 6.57. The summed E-state index contributed by atoms with van der Waals surface area (Å²) in [6, 6.07) is 9.24. The average Bonchev–Trinajstić information content (AvgIpc) is 2.99. The molecular weight excluding hydrogens is 384 g/mol. The molecule has 0 radical (unpaired) electrons. The Morgan fingerprint density at radius 1 is 1.37 bits per heavy atom. The monoisotopic (exact) mass is 406 g/mol. The van der Waals surface area contributed by atoms with E-state index in [0.717, 1.165) is 18.4 Å². The van der Waals surface area contributed by atoms with E-state index in [0.29, 0.717) is 28.0 Å². The lowest BCUT2D eigenvalue weighted by molar-refractivity contribution is 0.0977. The third kappa shape index (κ3) is 5.52. The molecule has 2 aromatic rings. The highest BCUT2D eigenvalue weighted by molar-refractivity contribution is 7.89. The molecule has 144 valence electrons. The number of rotatable bonds is 7. The van der Waals surface area contributed by atoms with E-state index in [9.17, 15) is 13.2 Å². The van der Waals surface area contributed by atoms with Crippen LogP contribution in [0.1, 0.15) is 41.2 Å². The molecule has 0 spiro atoms. The van der Waals surface area contributed by atoms with Crippen molar-refractivity contribution >= 4 is 38.1 Å². The first-order valence-electron chi connectivity index (χ1n) is 8.41. The molecule has 0 aliphatic heterocycles. The largest absolute Gasteiger partial charge is 0.318 e. The predicted molar refractivity (Wildman–Crippen MR) is 107 cm³/mol. The maximum Gasteiger partial charge on any atom is 0.284 e. The van der Waals surface area contributed by atoms with E-state index >= 15 is 0 Å². The van der Waals surface area contributed by atoms with E-state index in [1.165, 1.54) is 11.3 Å². The number of nitriles is 1. The van der Waals surface area contributed by atoms with Gasteiger partial charge in [-0.2, -0.15) is 5.26 Å². The van der Waals surface area contributed by atoms with Crippen molar-refractivity contribution in [1.29, 1.82) is 5.26 Å². The van der Waals surface area contributed by atoms with Gasteiger partial charge in [0, 0.05) is 17.1 Å². The minimum Gasteiger partial charge on any atom is -0.318 e. The highest BCUT2D eigenvalue weighted by atomic mass is 32.2. The van der Waals surface area contributed by atoms with Gasteiger partial charge < -0.3 is 4.90 Å². The molecule has 7 nitrogen and oxygen atoms in total. The molecule has 0 bridgehead atoms. The van der Waals surface area contributed by atoms with Gasteiger partial charge in [-0.25, -0.2) is 18.1 Å². The zero-order valence-electron chi connectivity index (χ0n) is 15.7. The molecular formula is C18H22N4O3S2. The summed E-state index contributed by atoms with van der Waals surface area (Å²) >= 11 is 1.33. The van der Waals surface area contributed by atoms with Gasteiger partial charge in [0.15, 0.2) is 5.13 Å². The Morgan fingerprint density at radius 2 is 2.00 bits per heavy atom. The number of nitrogens with one attached hydrogen (secondary N) is 1. The van der Waals surface area contributed by atoms with E-state index in [1.807, 2.05) is 21.8 Å². The molecule has 1 aromatic heterocycles. The topological polar surface area (TPSA) is 103 Å². The number of hydrogen-bond donors (Lipinski definition) is 1. The van der Waals surface area contributed by atoms with Crippen molar-refractivity contribution in [3.05, 3.63) is 40.4 Å². The molecule has 1 N–H and O–H groups in total. The van der Waals surface area contributed by atoms with Crippen LogP contribution in [0, 0.1) is 24.2 Å². The van der Waals surface area contributed by atoms with Crippen LogP contribution in [-0.4, -0.2) is 32.1 Å². The smallest absolute Gasteiger partial charge is 0.284 e. The minimum atomic E-state index is -3.66. The molecule has 1 unspecified atom stereocenters. The number of benzene rings is 1. The number of sulfonamides is 1. The number of nitrogens with zero attached hydrogens (tertiary/aromatic N) is 3. The second-order valence-corrected chi connectivity index (χ2v) is 9.32. The highest BCUT2D eigenvalue weighted by Crippen LogP contribution is 2.32. The molecule has 27 heavy (non-hydrogen) atoms. The van der Waals surface area contributed by atoms with Crippen molar-refractivity contribution in [2.45, 2.75) is 27.2 Å². The lowest BCUT2D eigenvalue weighted by Crippen LogP contribution is -2.30. The summed E-state index contributed by atoms with van der Waals surface area (Å²) in [6.07, 6.45) is 1.90. The summed E-state index contributed by atoms with van der Waals surface area (Å²) in [4.78, 5) is 19.2. The van der Waals surface area contributed by atoms with Crippen molar-refractivity contribution in [3.63, 3.8) is 0 Å². The van der Waals surface area contributed by atoms with Crippen molar-refractivity contribution in [2.24, 2.45) is 5.92 Å². The van der Waals surface area contributed by atoms with E-state index in [4.69, 9.17) is 5.26 Å². The summed E-state index contributed by atoms with van der Waals surface area (Å²) < 4.78 is 24.6. The van der Waals surface area contributed by atoms with Gasteiger partial charge in [0.25, 0.3) is 5.91 Å². The van der Waals surface area contributed by atoms with Crippen LogP contribution in [0.5, 0.6) is 0 Å². The first kappa shape index (κ1) is 20.9. The van der Waals surface area contributed by atoms with Crippen LogP contribution in [0.2, 0.25) is 0 Å². The fraction of sp³-hybridized carbons (Fsp3) is 0.389. The number of carbonyl (C=O) groups excluding carboxylic acids is 1. The first-order chi connectivity index (χ1) is 12.6. The van der Waals surface area contributed by atoms with Crippen LogP contribution in [-0.2, 0) is 10.0 Å². The number of amides is 1. The maximum atomic E-state index is 12.2. The fourth-order valence-electron chi connectivity index (χ4n) is 2.38. The second kappa shape index (κ2) is 8.50. The molecule has 0 saturated carbocycles. The summed E-state index contributed by atoms with van der Waals surface area (Å²) in [5, 5.41) is 9.60. The number of carbonyl (C=O) groups is 1. The zero-order valence-corrected chi connectivity index (χ0v) is 17.3. The van der Waals surface area contributed by atoms with Crippen LogP contribution in [0.25, 0.3) is 0 Å². The van der Waals surface area contributed by atoms with Crippen molar-refractivity contribution in [1.82, 2.24) is 9.71 Å². The fourth-order valence-corrected chi connectivity index (χ4v) is 3.75. The van der Waals surface area contributed by atoms with Gasteiger partial charge in [-0.15, -0.1) is 11.3 Å². The molecule has 0 aliphatic rings. The Morgan fingerprint density at radius 3 is 2.52 bits per heavy atom. The lowest BCUT2D eigenvalue weighted by atomic mass is 10.1. The molecule has 9 heteroatoms. The van der Waals surface area contributed by atoms with Crippen molar-refractivity contribution < 1.29 is 13.2 Å². The van der Waals surface area contributed by atoms with Crippen molar-refractivity contribution in [2.75, 3.05) is 17.7 Å². The average molecular weight is 407 g/mol. The number of aryl methyl sites for hydroxylation is 1. The Hall–Kier alpha value is -2.44. The van der Waals surface area contributed by atoms with Gasteiger partial charge >= 0.3 is 0 Å². The summed E-state index contributed by atoms with van der Waals surface area (Å²) in [7, 11) is -3.66. The molecule has 2 rings (SSSR count). The quantitative estimate of drug-likeness (QED) is 0.757. The number of thiazole rings is 1. The summed E-state index contributed by atoms with van der Waals surface area (Å²) in [6.45, 7) is 6.63. The standard InChI is InChI=1S/C18H22N4O3S2/c1-5-12(2)11-22(15-8-6-14(10-19)7-9-15)18-20-16(13(3)26-18)17(23)21-27(4,24)25/h6-9,12H,5,11H2,1-4H3,(H,21,23). The SMILES string of the molecule is CCC(C)CN(c1ccc(C#N)cc1)c1nc(C(=O)NS(C)(=O)=O)c(C)s1. The molecule has 0 fully saturated rings. The van der Waals surface area contributed by atoms with E-state index in [1.54, 1.807) is 19.1 Å². The van der Waals surface area contributed by atoms with E-state index in [-0.39, 0.29) is 5.69 Å². The third-order valence-electron chi connectivity index (χ3n) is 4.01. The molecule has 1 heterocycles. The number of hydrogen-bond acceptors (Lipinski definition) is 7. The molecule has 0 saturated heterocycles. The molecule has 1 aromatic carbocycles. The second-order valence-electron chi connectivity index (χ2n) is 6.39. The van der Waals surface area contributed by atoms with E-state index in [2.05, 4.69) is 24.9 Å². The van der Waals surface area contributed by atoms with Gasteiger partial charge in [0.05, 0.1) is 17.9 Å². The summed E-state index contributed by atoms with van der Waals surface area (Å²) in [5.74, 6) is -0.362. The van der Waals surface area contributed by atoms with Gasteiger partial charge in [0.2, 0.25) is 10.0 Å². The zero-order chi connectivity index (χ0) is 20.2. The Labute approximate surface area is 163 Å². The van der Waals surface area contributed by atoms with Crippen LogP contribution in [0.15, 0.2) is 24.3 Å². The molecule has 1 amide bonds. The van der Waals surface area contributed by atoms with Crippen LogP contribution < -0.4 is 9.62 Å². The van der Waals surface area contributed by atoms with Crippen LogP contribution >= 0.6 is 11.3 Å². The van der Waals surface area contributed by atoms with E-state index < -0.39 is 15.9 Å². The Balaban J connectivity index is 2.42. The lowest BCUT2D eigenvalue weighted by Gasteiger charge is -2.25. The van der Waals surface area contributed by atoms with Gasteiger partial charge in [-0.3, -0.25) is 4.79 Å². The highest BCUT2D eigenvalue weighted by Gasteiger charge is 2.22. The minimum absolute atomic E-state index is 0.100. The van der Waals surface area contributed by atoms with Crippen LogP contribution in [0.4, 0.5) is 10.8 Å². The van der Waals surface area contributed by atoms with Gasteiger partial charge in [-0.05, 0) is 37.1 Å². The van der Waals surface area contributed by atoms with Gasteiger partial charge in [0.1, 0.15) is 5.69 Å². The maximum absolute atomic E-state index is 12.2. The van der Waals surface area contributed by atoms with Gasteiger partial charge in [-0.1, -0.05) is 20.3 Å². The van der Waals surface area contributed by atoms with Crippen molar-refractivity contribution in [3.8, 4) is 6.07 Å².